The van der Waals surface area contributed by atoms with Crippen molar-refractivity contribution < 1.29 is 14.6 Å². The number of hydrogen-bond donors (Lipinski definition) is 1. The molecule has 5 heteroatoms. The summed E-state index contributed by atoms with van der Waals surface area (Å²) in [6.45, 7) is 0.272. The van der Waals surface area contributed by atoms with Crippen LogP contribution in [-0.4, -0.2) is 30.5 Å². The molecule has 2 heterocycles. The Balaban J connectivity index is 1.95. The van der Waals surface area contributed by atoms with Gasteiger partial charge in [-0.05, 0) is 35.0 Å². The molecule has 0 aliphatic carbocycles. The van der Waals surface area contributed by atoms with Crippen molar-refractivity contribution in [1.82, 2.24) is 0 Å². The van der Waals surface area contributed by atoms with Crippen molar-refractivity contribution in [3.8, 4) is 0 Å². The molecule has 1 fully saturated rings. The molecule has 0 saturated carbocycles. The summed E-state index contributed by atoms with van der Waals surface area (Å²) in [4.78, 5) is 13.2. The molecule has 1 aliphatic rings. The first-order valence-electron chi connectivity index (χ1n) is 5.34. The van der Waals surface area contributed by atoms with Gasteiger partial charge in [0, 0.05) is 10.4 Å². The molecule has 4 nitrogen and oxygen atoms in total. The van der Waals surface area contributed by atoms with Gasteiger partial charge >= 0.3 is 6.09 Å². The molecule has 1 saturated heterocycles. The van der Waals surface area contributed by atoms with Crippen LogP contribution in [-0.2, 0) is 4.74 Å². The van der Waals surface area contributed by atoms with E-state index in [1.54, 1.807) is 16.2 Å². The predicted octanol–water partition coefficient (Wildman–Crippen LogP) is 2.22. The topological polar surface area (TPSA) is 49.8 Å². The SMILES string of the molecule is O=C1O[C@@H](CO)CN1c1ccc2sccc2c1. The fourth-order valence-corrected chi connectivity index (χ4v) is 2.72. The van der Waals surface area contributed by atoms with E-state index in [1.165, 1.54) is 4.70 Å². The van der Waals surface area contributed by atoms with Gasteiger partial charge in [0.25, 0.3) is 0 Å². The van der Waals surface area contributed by atoms with Crippen molar-refractivity contribution in [2.75, 3.05) is 18.1 Å². The van der Waals surface area contributed by atoms with E-state index in [4.69, 9.17) is 9.84 Å². The molecule has 1 N–H and O–H groups in total. The molecule has 0 radical (unpaired) electrons. The van der Waals surface area contributed by atoms with Gasteiger partial charge in [-0.25, -0.2) is 4.79 Å². The predicted molar refractivity (Wildman–Crippen MR) is 66.5 cm³/mol. The minimum atomic E-state index is -0.416. The van der Waals surface area contributed by atoms with Crippen molar-refractivity contribution in [3.05, 3.63) is 29.6 Å². The Kier molecular flexibility index (Phi) is 2.49. The summed E-state index contributed by atoms with van der Waals surface area (Å²) in [7, 11) is 0. The van der Waals surface area contributed by atoms with Gasteiger partial charge in [-0.2, -0.15) is 0 Å². The van der Waals surface area contributed by atoms with Gasteiger partial charge in [-0.1, -0.05) is 0 Å². The summed E-state index contributed by atoms with van der Waals surface area (Å²) in [5.74, 6) is 0. The first-order valence-corrected chi connectivity index (χ1v) is 6.22. The fraction of sp³-hybridized carbons (Fsp3) is 0.250. The van der Waals surface area contributed by atoms with Gasteiger partial charge in [0.2, 0.25) is 0 Å². The van der Waals surface area contributed by atoms with Gasteiger partial charge in [0.15, 0.2) is 0 Å². The fourth-order valence-electron chi connectivity index (χ4n) is 1.95. The third kappa shape index (κ3) is 1.77. The molecular formula is C12H11NO3S. The van der Waals surface area contributed by atoms with Crippen molar-refractivity contribution in [3.63, 3.8) is 0 Å². The first-order chi connectivity index (χ1) is 8.28. The number of nitrogens with zero attached hydrogens (tertiary/aromatic N) is 1. The minimum Gasteiger partial charge on any atom is -0.441 e. The normalized spacial score (nSPS) is 19.9. The van der Waals surface area contributed by atoms with Crippen LogP contribution in [0.1, 0.15) is 0 Å². The van der Waals surface area contributed by atoms with Crippen molar-refractivity contribution in [2.24, 2.45) is 0 Å². The zero-order chi connectivity index (χ0) is 11.8. The van der Waals surface area contributed by atoms with Crippen molar-refractivity contribution in [1.29, 1.82) is 0 Å². The summed E-state index contributed by atoms with van der Waals surface area (Å²) < 4.78 is 6.21. The Bertz CT molecular complexity index is 566. The van der Waals surface area contributed by atoms with E-state index < -0.39 is 12.2 Å². The van der Waals surface area contributed by atoms with Crippen LogP contribution < -0.4 is 4.90 Å². The first kappa shape index (κ1) is 10.6. The highest BCUT2D eigenvalue weighted by Gasteiger charge is 2.31. The molecule has 1 aliphatic heterocycles. The lowest BCUT2D eigenvalue weighted by molar-refractivity contribution is 0.0963. The molecule has 1 amide bonds. The van der Waals surface area contributed by atoms with Gasteiger partial charge in [-0.15, -0.1) is 11.3 Å². The minimum absolute atomic E-state index is 0.136. The molecular weight excluding hydrogens is 238 g/mol. The molecule has 2 aromatic rings. The number of amides is 1. The van der Waals surface area contributed by atoms with Crippen LogP contribution in [0.5, 0.6) is 0 Å². The number of hydrogen-bond acceptors (Lipinski definition) is 4. The monoisotopic (exact) mass is 249 g/mol. The highest BCUT2D eigenvalue weighted by atomic mass is 32.1. The summed E-state index contributed by atoms with van der Waals surface area (Å²) in [5, 5.41) is 12.1. The molecule has 1 atom stereocenters. The Morgan fingerprint density at radius 2 is 2.35 bits per heavy atom. The number of thiophene rings is 1. The number of anilines is 1. The Labute approximate surface area is 102 Å². The lowest BCUT2D eigenvalue weighted by Gasteiger charge is -2.12. The Hall–Kier alpha value is -1.59. The second kappa shape index (κ2) is 4.01. The highest BCUT2D eigenvalue weighted by molar-refractivity contribution is 7.17. The van der Waals surface area contributed by atoms with E-state index in [-0.39, 0.29) is 6.61 Å². The molecule has 0 spiro atoms. The smallest absolute Gasteiger partial charge is 0.414 e. The zero-order valence-corrected chi connectivity index (χ0v) is 9.81. The molecule has 1 aromatic heterocycles. The van der Waals surface area contributed by atoms with Gasteiger partial charge in [0.1, 0.15) is 6.10 Å². The number of aliphatic hydroxyl groups excluding tert-OH is 1. The number of ether oxygens (including phenoxy) is 1. The van der Waals surface area contributed by atoms with Gasteiger partial charge in [-0.3, -0.25) is 4.90 Å². The van der Waals surface area contributed by atoms with Crippen LogP contribution >= 0.6 is 11.3 Å². The second-order valence-corrected chi connectivity index (χ2v) is 4.89. The summed E-state index contributed by atoms with van der Waals surface area (Å²) >= 11 is 1.67. The second-order valence-electron chi connectivity index (χ2n) is 3.94. The van der Waals surface area contributed by atoms with Crippen LogP contribution in [0.15, 0.2) is 29.6 Å². The molecule has 0 bridgehead atoms. The number of fused-ring (bicyclic) bond motifs is 1. The number of carbonyl (C=O) groups is 1. The maximum absolute atomic E-state index is 11.6. The maximum Gasteiger partial charge on any atom is 0.414 e. The van der Waals surface area contributed by atoms with Crippen LogP contribution in [0.2, 0.25) is 0 Å². The summed E-state index contributed by atoms with van der Waals surface area (Å²) in [6, 6.07) is 7.88. The lowest BCUT2D eigenvalue weighted by Crippen LogP contribution is -2.25. The number of aliphatic hydroxyl groups is 1. The maximum atomic E-state index is 11.6. The van der Waals surface area contributed by atoms with E-state index in [1.807, 2.05) is 29.6 Å². The van der Waals surface area contributed by atoms with Gasteiger partial charge < -0.3 is 9.84 Å². The number of cyclic esters (lactones) is 1. The number of rotatable bonds is 2. The van der Waals surface area contributed by atoms with E-state index in [0.29, 0.717) is 6.54 Å². The molecule has 88 valence electrons. The quantitative estimate of drug-likeness (QED) is 0.887. The average Bonchev–Trinajstić information content (AvgIpc) is 2.93. The summed E-state index contributed by atoms with van der Waals surface area (Å²) in [6.07, 6.45) is -0.806. The Morgan fingerprint density at radius 3 is 3.12 bits per heavy atom. The summed E-state index contributed by atoms with van der Waals surface area (Å²) in [5.41, 5.74) is 0.817. The standard InChI is InChI=1S/C12H11NO3S/c14-7-10-6-13(12(15)16-10)9-1-2-11-8(5-9)3-4-17-11/h1-5,10,14H,6-7H2/t10-/m1/s1. The number of carbonyl (C=O) groups excluding carboxylic acids is 1. The van der Waals surface area contributed by atoms with E-state index >= 15 is 0 Å². The number of benzene rings is 1. The van der Waals surface area contributed by atoms with E-state index in [2.05, 4.69) is 0 Å². The van der Waals surface area contributed by atoms with E-state index in [0.717, 1.165) is 11.1 Å². The molecule has 3 rings (SSSR count). The third-order valence-corrected chi connectivity index (χ3v) is 3.72. The van der Waals surface area contributed by atoms with E-state index in [9.17, 15) is 4.79 Å². The highest BCUT2D eigenvalue weighted by Crippen LogP contribution is 2.28. The zero-order valence-electron chi connectivity index (χ0n) is 9.00. The van der Waals surface area contributed by atoms with Gasteiger partial charge in [0.05, 0.1) is 13.2 Å². The molecule has 0 unspecified atom stereocenters. The van der Waals surface area contributed by atoms with Crippen molar-refractivity contribution in [2.45, 2.75) is 6.10 Å². The van der Waals surface area contributed by atoms with Crippen LogP contribution in [0.3, 0.4) is 0 Å². The van der Waals surface area contributed by atoms with Crippen LogP contribution in [0, 0.1) is 0 Å². The molecule has 1 aromatic carbocycles. The van der Waals surface area contributed by atoms with Crippen LogP contribution in [0.25, 0.3) is 10.1 Å². The largest absolute Gasteiger partial charge is 0.441 e. The van der Waals surface area contributed by atoms with Crippen LogP contribution in [0.4, 0.5) is 10.5 Å². The lowest BCUT2D eigenvalue weighted by atomic mass is 10.2. The Morgan fingerprint density at radius 1 is 1.47 bits per heavy atom. The molecule has 17 heavy (non-hydrogen) atoms. The average molecular weight is 249 g/mol. The third-order valence-electron chi connectivity index (χ3n) is 2.83. The van der Waals surface area contributed by atoms with Crippen molar-refractivity contribution >= 4 is 33.2 Å².